The average Bonchev–Trinajstić information content (AvgIpc) is 2.16. The van der Waals surface area contributed by atoms with E-state index >= 15 is 0 Å². The first-order chi connectivity index (χ1) is 6.31. The van der Waals surface area contributed by atoms with Gasteiger partial charge in [0.2, 0.25) is 0 Å². The topological polar surface area (TPSA) is 36.7 Å². The molecule has 0 fully saturated rings. The number of hydrogen-bond acceptors (Lipinski definition) is 2. The van der Waals surface area contributed by atoms with Crippen LogP contribution in [0.25, 0.3) is 10.8 Å². The van der Waals surface area contributed by atoms with Crippen LogP contribution in [-0.2, 0) is 0 Å². The maximum absolute atomic E-state index is 8.79. The van der Waals surface area contributed by atoms with Crippen LogP contribution in [0, 0.1) is 11.3 Å². The Bertz CT molecular complexity index is 500. The highest BCUT2D eigenvalue weighted by molar-refractivity contribution is 6.30. The van der Waals surface area contributed by atoms with E-state index in [4.69, 9.17) is 16.9 Å². The van der Waals surface area contributed by atoms with Gasteiger partial charge < -0.3 is 0 Å². The number of fused-ring (bicyclic) bond motifs is 1. The van der Waals surface area contributed by atoms with Gasteiger partial charge in [0.1, 0.15) is 5.15 Å². The summed E-state index contributed by atoms with van der Waals surface area (Å²) in [6.45, 7) is 0. The average molecular weight is 189 g/mol. The summed E-state index contributed by atoms with van der Waals surface area (Å²) in [5.41, 5.74) is 0.627. The van der Waals surface area contributed by atoms with Crippen molar-refractivity contribution in [3.63, 3.8) is 0 Å². The van der Waals surface area contributed by atoms with Crippen molar-refractivity contribution >= 4 is 22.4 Å². The van der Waals surface area contributed by atoms with Crippen molar-refractivity contribution in [3.8, 4) is 6.07 Å². The summed E-state index contributed by atoms with van der Waals surface area (Å²) in [6, 6.07) is 9.35. The van der Waals surface area contributed by atoms with Crippen LogP contribution < -0.4 is 0 Å². The molecule has 0 saturated carbocycles. The molecule has 1 aromatic heterocycles. The first-order valence-corrected chi connectivity index (χ1v) is 4.13. The molecule has 1 heterocycles. The van der Waals surface area contributed by atoms with Gasteiger partial charge in [-0.3, -0.25) is 0 Å². The number of nitriles is 1. The van der Waals surface area contributed by atoms with Gasteiger partial charge >= 0.3 is 0 Å². The third kappa shape index (κ3) is 1.34. The molecule has 0 N–H and O–H groups in total. The fraction of sp³-hybridized carbons (Fsp3) is 0. The third-order valence-corrected chi connectivity index (χ3v) is 2.06. The number of nitrogens with zero attached hydrogens (tertiary/aromatic N) is 2. The van der Waals surface area contributed by atoms with Crippen molar-refractivity contribution in [2.45, 2.75) is 0 Å². The minimum atomic E-state index is 0.447. The molecule has 0 unspecified atom stereocenters. The van der Waals surface area contributed by atoms with Crippen LogP contribution in [0.3, 0.4) is 0 Å². The van der Waals surface area contributed by atoms with Crippen molar-refractivity contribution in [2.75, 3.05) is 0 Å². The van der Waals surface area contributed by atoms with Crippen LogP contribution in [0.5, 0.6) is 0 Å². The lowest BCUT2D eigenvalue weighted by Crippen LogP contribution is -1.81. The highest BCUT2D eigenvalue weighted by Gasteiger charge is 2.00. The zero-order valence-electron chi connectivity index (χ0n) is 6.66. The van der Waals surface area contributed by atoms with Crippen LogP contribution in [-0.4, -0.2) is 4.98 Å². The fourth-order valence-corrected chi connectivity index (χ4v) is 1.41. The van der Waals surface area contributed by atoms with Crippen molar-refractivity contribution in [1.29, 1.82) is 5.26 Å². The predicted molar refractivity (Wildman–Crippen MR) is 51.5 cm³/mol. The molecule has 0 bridgehead atoms. The Morgan fingerprint density at radius 2 is 2.23 bits per heavy atom. The monoisotopic (exact) mass is 188 g/mol. The van der Waals surface area contributed by atoms with Gasteiger partial charge in [-0.15, -0.1) is 0 Å². The molecule has 0 saturated heterocycles. The molecule has 0 aliphatic carbocycles. The molecule has 62 valence electrons. The summed E-state index contributed by atoms with van der Waals surface area (Å²) < 4.78 is 0. The molecule has 0 spiro atoms. The number of benzene rings is 1. The predicted octanol–water partition coefficient (Wildman–Crippen LogP) is 2.76. The molecule has 0 aliphatic heterocycles. The van der Waals surface area contributed by atoms with Crippen LogP contribution >= 0.6 is 11.6 Å². The van der Waals surface area contributed by atoms with E-state index < -0.39 is 0 Å². The molecule has 13 heavy (non-hydrogen) atoms. The molecule has 2 rings (SSSR count). The van der Waals surface area contributed by atoms with Crippen molar-refractivity contribution in [1.82, 2.24) is 4.98 Å². The third-order valence-electron chi connectivity index (χ3n) is 1.85. The largest absolute Gasteiger partial charge is 0.244 e. The number of halogens is 1. The van der Waals surface area contributed by atoms with Gasteiger partial charge in [0.25, 0.3) is 0 Å². The van der Waals surface area contributed by atoms with Gasteiger partial charge in [-0.25, -0.2) is 4.98 Å². The lowest BCUT2D eigenvalue weighted by molar-refractivity contribution is 1.36. The van der Waals surface area contributed by atoms with Crippen LogP contribution in [0.4, 0.5) is 0 Å². The van der Waals surface area contributed by atoms with Gasteiger partial charge in [0.15, 0.2) is 0 Å². The molecule has 1 aromatic carbocycles. The Labute approximate surface area is 80.4 Å². The number of pyridine rings is 1. The summed E-state index contributed by atoms with van der Waals surface area (Å²) >= 11 is 5.72. The number of rotatable bonds is 0. The minimum Gasteiger partial charge on any atom is -0.244 e. The molecule has 0 amide bonds. The highest BCUT2D eigenvalue weighted by Crippen LogP contribution is 2.19. The van der Waals surface area contributed by atoms with Crippen LogP contribution in [0.1, 0.15) is 5.56 Å². The van der Waals surface area contributed by atoms with Gasteiger partial charge in [0, 0.05) is 11.6 Å². The molecule has 0 atom stereocenters. The van der Waals surface area contributed by atoms with Gasteiger partial charge in [0.05, 0.1) is 11.6 Å². The Hall–Kier alpha value is -1.59. The van der Waals surface area contributed by atoms with Gasteiger partial charge in [-0.2, -0.15) is 5.26 Å². The smallest absolute Gasteiger partial charge is 0.129 e. The molecule has 0 radical (unpaired) electrons. The minimum absolute atomic E-state index is 0.447. The van der Waals surface area contributed by atoms with E-state index in [1.54, 1.807) is 18.3 Å². The van der Waals surface area contributed by atoms with Crippen molar-refractivity contribution in [2.24, 2.45) is 0 Å². The van der Waals surface area contributed by atoms with E-state index in [1.807, 2.05) is 12.1 Å². The molecule has 0 aliphatic rings. The van der Waals surface area contributed by atoms with Gasteiger partial charge in [-0.05, 0) is 17.5 Å². The zero-order valence-corrected chi connectivity index (χ0v) is 7.42. The maximum atomic E-state index is 8.79. The number of hydrogen-bond donors (Lipinski definition) is 0. The Morgan fingerprint density at radius 3 is 3.00 bits per heavy atom. The van der Waals surface area contributed by atoms with Crippen LogP contribution in [0.2, 0.25) is 5.15 Å². The summed E-state index contributed by atoms with van der Waals surface area (Å²) in [7, 11) is 0. The first kappa shape index (κ1) is 8.03. The maximum Gasteiger partial charge on any atom is 0.129 e. The summed E-state index contributed by atoms with van der Waals surface area (Å²) in [5.74, 6) is 0. The Morgan fingerprint density at radius 1 is 1.38 bits per heavy atom. The molecule has 2 aromatic rings. The van der Waals surface area contributed by atoms with E-state index in [-0.39, 0.29) is 0 Å². The fourth-order valence-electron chi connectivity index (χ4n) is 1.24. The molecular formula is C10H5ClN2. The summed E-state index contributed by atoms with van der Waals surface area (Å²) in [5, 5.41) is 11.0. The van der Waals surface area contributed by atoms with E-state index in [0.717, 1.165) is 10.8 Å². The molecule has 2 nitrogen and oxygen atoms in total. The quantitative estimate of drug-likeness (QED) is 0.596. The van der Waals surface area contributed by atoms with E-state index in [2.05, 4.69) is 11.1 Å². The Kier molecular flexibility index (Phi) is 1.88. The normalized spacial score (nSPS) is 9.85. The Balaban J connectivity index is 2.87. The second kappa shape index (κ2) is 3.04. The second-order valence-electron chi connectivity index (χ2n) is 2.65. The van der Waals surface area contributed by atoms with Crippen LogP contribution in [0.15, 0.2) is 30.5 Å². The zero-order chi connectivity index (χ0) is 9.26. The lowest BCUT2D eigenvalue weighted by atomic mass is 10.1. The highest BCUT2D eigenvalue weighted by atomic mass is 35.5. The van der Waals surface area contributed by atoms with Crippen molar-refractivity contribution in [3.05, 3.63) is 41.2 Å². The van der Waals surface area contributed by atoms with Gasteiger partial charge in [-0.1, -0.05) is 23.7 Å². The summed E-state index contributed by atoms with van der Waals surface area (Å²) in [6.07, 6.45) is 1.62. The summed E-state index contributed by atoms with van der Waals surface area (Å²) in [4.78, 5) is 3.93. The van der Waals surface area contributed by atoms with E-state index in [1.165, 1.54) is 0 Å². The van der Waals surface area contributed by atoms with E-state index in [0.29, 0.717) is 10.7 Å². The number of aromatic nitrogens is 1. The second-order valence-corrected chi connectivity index (χ2v) is 3.03. The first-order valence-electron chi connectivity index (χ1n) is 3.75. The molecular weight excluding hydrogens is 184 g/mol. The van der Waals surface area contributed by atoms with Crippen molar-refractivity contribution < 1.29 is 0 Å². The SMILES string of the molecule is N#Cc1cccc2cc(Cl)ncc12. The molecule has 3 heteroatoms. The standard InChI is InChI=1S/C10H5ClN2/c11-10-4-7-2-1-3-8(5-12)9(7)6-13-10/h1-4,6H. The lowest BCUT2D eigenvalue weighted by Gasteiger charge is -1.98. The van der Waals surface area contributed by atoms with E-state index in [9.17, 15) is 0 Å².